The molecule has 0 saturated carbocycles. The largest absolute Gasteiger partial charge is 0.371 e. The molecule has 0 spiro atoms. The van der Waals surface area contributed by atoms with Gasteiger partial charge in [0.15, 0.2) is 0 Å². The first-order valence-electron chi connectivity index (χ1n) is 7.10. The second kappa shape index (κ2) is 4.77. The van der Waals surface area contributed by atoms with E-state index >= 15 is 0 Å². The first-order valence-corrected chi connectivity index (χ1v) is 7.10. The van der Waals surface area contributed by atoms with E-state index in [-0.39, 0.29) is 11.6 Å². The van der Waals surface area contributed by atoms with E-state index in [1.54, 1.807) is 6.92 Å². The van der Waals surface area contributed by atoms with Crippen LogP contribution in [0.4, 0.5) is 10.5 Å². The molecular weight excluding hydrogens is 252 g/mol. The van der Waals surface area contributed by atoms with Crippen molar-refractivity contribution in [3.05, 3.63) is 29.8 Å². The van der Waals surface area contributed by atoms with Gasteiger partial charge < -0.3 is 10.0 Å². The Bertz CT molecular complexity index is 523. The van der Waals surface area contributed by atoms with E-state index in [9.17, 15) is 9.90 Å². The number of hydrogen-bond acceptors (Lipinski definition) is 2. The highest BCUT2D eigenvalue weighted by Gasteiger charge is 2.49. The van der Waals surface area contributed by atoms with Crippen molar-refractivity contribution in [3.63, 3.8) is 0 Å². The maximum absolute atomic E-state index is 12.8. The van der Waals surface area contributed by atoms with E-state index < -0.39 is 5.72 Å². The summed E-state index contributed by atoms with van der Waals surface area (Å²) in [6.45, 7) is 10.3. The van der Waals surface area contributed by atoms with Crippen LogP contribution in [-0.4, -0.2) is 33.8 Å². The van der Waals surface area contributed by atoms with Crippen molar-refractivity contribution >= 4 is 11.7 Å². The number of aryl methyl sites for hydroxylation is 1. The molecule has 0 aromatic heterocycles. The van der Waals surface area contributed by atoms with E-state index in [4.69, 9.17) is 0 Å². The van der Waals surface area contributed by atoms with Gasteiger partial charge in [-0.3, -0.25) is 4.90 Å². The van der Waals surface area contributed by atoms with Crippen LogP contribution >= 0.6 is 0 Å². The number of aliphatic hydroxyl groups is 1. The second-order valence-electron chi connectivity index (χ2n) is 6.41. The van der Waals surface area contributed by atoms with Crippen LogP contribution in [0.5, 0.6) is 0 Å². The zero-order valence-corrected chi connectivity index (χ0v) is 13.0. The van der Waals surface area contributed by atoms with Crippen molar-refractivity contribution in [1.29, 1.82) is 0 Å². The Morgan fingerprint density at radius 2 is 1.95 bits per heavy atom. The topological polar surface area (TPSA) is 43.8 Å². The summed E-state index contributed by atoms with van der Waals surface area (Å²) >= 11 is 0. The molecule has 0 aliphatic carbocycles. The standard InChI is InChI=1S/C16H24N2O2/c1-6-17-14(19)18(13-9-7-8-12(2)10-13)16(5,20)11-15(17,3)4/h7-10,20H,6,11H2,1-5H3. The highest BCUT2D eigenvalue weighted by atomic mass is 16.3. The number of benzene rings is 1. The molecule has 1 fully saturated rings. The van der Waals surface area contributed by atoms with Crippen molar-refractivity contribution < 1.29 is 9.90 Å². The molecule has 4 nitrogen and oxygen atoms in total. The zero-order chi connectivity index (χ0) is 15.1. The Morgan fingerprint density at radius 3 is 2.50 bits per heavy atom. The summed E-state index contributed by atoms with van der Waals surface area (Å²) in [5.74, 6) is 0. The Hall–Kier alpha value is -1.55. The molecule has 2 amide bonds. The second-order valence-corrected chi connectivity index (χ2v) is 6.41. The highest BCUT2D eigenvalue weighted by molar-refractivity contribution is 5.94. The van der Waals surface area contributed by atoms with Gasteiger partial charge in [-0.2, -0.15) is 0 Å². The van der Waals surface area contributed by atoms with Gasteiger partial charge in [0.25, 0.3) is 0 Å². The minimum absolute atomic E-state index is 0.139. The lowest BCUT2D eigenvalue weighted by Crippen LogP contribution is -2.68. The van der Waals surface area contributed by atoms with Gasteiger partial charge in [-0.15, -0.1) is 0 Å². The first kappa shape index (κ1) is 14.9. The number of carbonyl (C=O) groups is 1. The summed E-state index contributed by atoms with van der Waals surface area (Å²) in [6.07, 6.45) is 0.507. The molecule has 110 valence electrons. The molecule has 1 aromatic carbocycles. The molecule has 1 aliphatic heterocycles. The number of carbonyl (C=O) groups excluding carboxylic acids is 1. The Morgan fingerprint density at radius 1 is 1.30 bits per heavy atom. The van der Waals surface area contributed by atoms with Crippen LogP contribution < -0.4 is 4.90 Å². The van der Waals surface area contributed by atoms with Crippen LogP contribution in [0.3, 0.4) is 0 Å². The minimum Gasteiger partial charge on any atom is -0.371 e. The molecule has 1 atom stereocenters. The van der Waals surface area contributed by atoms with Crippen LogP contribution in [0, 0.1) is 6.92 Å². The van der Waals surface area contributed by atoms with Gasteiger partial charge in [0.05, 0.1) is 0 Å². The van der Waals surface area contributed by atoms with Gasteiger partial charge in [0.1, 0.15) is 5.72 Å². The summed E-state index contributed by atoms with van der Waals surface area (Å²) in [5.41, 5.74) is 0.281. The van der Waals surface area contributed by atoms with Gasteiger partial charge in [0.2, 0.25) is 0 Å². The maximum Gasteiger partial charge on any atom is 0.327 e. The van der Waals surface area contributed by atoms with Crippen LogP contribution in [0.15, 0.2) is 24.3 Å². The third-order valence-electron chi connectivity index (χ3n) is 3.98. The summed E-state index contributed by atoms with van der Waals surface area (Å²) < 4.78 is 0. The number of nitrogens with zero attached hydrogens (tertiary/aromatic N) is 2. The predicted octanol–water partition coefficient (Wildman–Crippen LogP) is 3.13. The lowest BCUT2D eigenvalue weighted by atomic mass is 9.87. The van der Waals surface area contributed by atoms with Crippen LogP contribution in [0.25, 0.3) is 0 Å². The number of amides is 2. The molecule has 1 N–H and O–H groups in total. The molecule has 1 saturated heterocycles. The fourth-order valence-corrected chi connectivity index (χ4v) is 3.30. The number of rotatable bonds is 2. The van der Waals surface area contributed by atoms with Crippen molar-refractivity contribution in [1.82, 2.24) is 4.90 Å². The minimum atomic E-state index is -1.18. The highest BCUT2D eigenvalue weighted by Crippen LogP contribution is 2.38. The number of hydrogen-bond donors (Lipinski definition) is 1. The maximum atomic E-state index is 12.8. The van der Waals surface area contributed by atoms with Gasteiger partial charge in [-0.25, -0.2) is 4.79 Å². The van der Waals surface area contributed by atoms with Gasteiger partial charge in [-0.05, 0) is 52.3 Å². The molecule has 4 heteroatoms. The molecular formula is C16H24N2O2. The molecule has 1 unspecified atom stereocenters. The van der Waals surface area contributed by atoms with Crippen molar-refractivity contribution in [2.24, 2.45) is 0 Å². The Labute approximate surface area is 121 Å². The van der Waals surface area contributed by atoms with Gasteiger partial charge in [0, 0.05) is 24.2 Å². The van der Waals surface area contributed by atoms with E-state index in [2.05, 4.69) is 0 Å². The first-order chi connectivity index (χ1) is 9.19. The van der Waals surface area contributed by atoms with Gasteiger partial charge in [-0.1, -0.05) is 12.1 Å². The molecule has 2 rings (SSSR count). The number of anilines is 1. The van der Waals surface area contributed by atoms with E-state index in [1.807, 2.05) is 56.9 Å². The zero-order valence-electron chi connectivity index (χ0n) is 13.0. The third kappa shape index (κ3) is 2.40. The smallest absolute Gasteiger partial charge is 0.327 e. The average molecular weight is 276 g/mol. The van der Waals surface area contributed by atoms with Crippen molar-refractivity contribution in [3.8, 4) is 0 Å². The normalized spacial score (nSPS) is 26.0. The van der Waals surface area contributed by atoms with Crippen molar-refractivity contribution in [2.75, 3.05) is 11.4 Å². The Kier molecular flexibility index (Phi) is 3.54. The summed E-state index contributed by atoms with van der Waals surface area (Å²) in [6, 6.07) is 7.54. The summed E-state index contributed by atoms with van der Waals surface area (Å²) in [7, 11) is 0. The fourth-order valence-electron chi connectivity index (χ4n) is 3.30. The molecule has 0 bridgehead atoms. The molecule has 1 aliphatic rings. The van der Waals surface area contributed by atoms with E-state index in [0.717, 1.165) is 11.3 Å². The lowest BCUT2D eigenvalue weighted by Gasteiger charge is -2.53. The van der Waals surface area contributed by atoms with Crippen LogP contribution in [0.1, 0.15) is 39.7 Å². The van der Waals surface area contributed by atoms with Crippen molar-refractivity contribution in [2.45, 2.75) is 52.3 Å². The molecule has 1 aromatic rings. The number of urea groups is 1. The SMILES string of the molecule is CCN1C(=O)N(c2cccc(C)c2)C(C)(O)CC1(C)C. The fraction of sp³-hybridized carbons (Fsp3) is 0.562. The van der Waals surface area contributed by atoms with Gasteiger partial charge >= 0.3 is 6.03 Å². The molecule has 0 radical (unpaired) electrons. The third-order valence-corrected chi connectivity index (χ3v) is 3.98. The quantitative estimate of drug-likeness (QED) is 0.902. The summed E-state index contributed by atoms with van der Waals surface area (Å²) in [5, 5.41) is 10.8. The monoisotopic (exact) mass is 276 g/mol. The molecule has 1 heterocycles. The Balaban J connectivity index is 2.48. The van der Waals surface area contributed by atoms with E-state index in [0.29, 0.717) is 13.0 Å². The van der Waals surface area contributed by atoms with Crippen LogP contribution in [-0.2, 0) is 0 Å². The summed E-state index contributed by atoms with van der Waals surface area (Å²) in [4.78, 5) is 16.1. The van der Waals surface area contributed by atoms with E-state index in [1.165, 1.54) is 4.90 Å². The molecule has 20 heavy (non-hydrogen) atoms. The van der Waals surface area contributed by atoms with Crippen LogP contribution in [0.2, 0.25) is 0 Å². The average Bonchev–Trinajstić information content (AvgIpc) is 2.25. The predicted molar refractivity (Wildman–Crippen MR) is 80.8 cm³/mol. The lowest BCUT2D eigenvalue weighted by molar-refractivity contribution is -0.0238.